The first kappa shape index (κ1) is 21.9. The molecule has 1 saturated heterocycles. The predicted octanol–water partition coefficient (Wildman–Crippen LogP) is 1.54. The van der Waals surface area contributed by atoms with Gasteiger partial charge in [0.25, 0.3) is 0 Å². The molecule has 0 aliphatic carbocycles. The van der Waals surface area contributed by atoms with Gasteiger partial charge in [0.05, 0.1) is 10.8 Å². The number of nitrogens with one attached hydrogen (secondary N) is 2. The standard InChI is InChI=1S/C17H27N3O3S.ClH/c1-3-18-10-11-19-17(21)15-5-4-12-20(13-15)24(22,23)16-8-6-14(2)7-9-16;/h6-9,15,18H,3-5,10-13H2,1-2H3,(H,19,21);1H. The van der Waals surface area contributed by atoms with E-state index in [0.717, 1.165) is 25.1 Å². The summed E-state index contributed by atoms with van der Waals surface area (Å²) in [5.41, 5.74) is 1.02. The van der Waals surface area contributed by atoms with E-state index in [0.29, 0.717) is 24.4 Å². The number of hydrogen-bond acceptors (Lipinski definition) is 4. The molecule has 6 nitrogen and oxygen atoms in total. The van der Waals surface area contributed by atoms with Gasteiger partial charge in [-0.05, 0) is 38.4 Å². The summed E-state index contributed by atoms with van der Waals surface area (Å²) in [4.78, 5) is 12.5. The van der Waals surface area contributed by atoms with Crippen LogP contribution < -0.4 is 10.6 Å². The van der Waals surface area contributed by atoms with Gasteiger partial charge < -0.3 is 10.6 Å². The molecule has 0 bridgehead atoms. The molecule has 1 aromatic rings. The molecule has 1 aliphatic rings. The second kappa shape index (κ2) is 10.1. The van der Waals surface area contributed by atoms with Crippen molar-refractivity contribution in [1.29, 1.82) is 0 Å². The fraction of sp³-hybridized carbons (Fsp3) is 0.588. The maximum Gasteiger partial charge on any atom is 0.243 e. The van der Waals surface area contributed by atoms with Crippen molar-refractivity contribution in [3.63, 3.8) is 0 Å². The zero-order chi connectivity index (χ0) is 17.6. The molecule has 0 radical (unpaired) electrons. The number of carbonyl (C=O) groups excluding carboxylic acids is 1. The molecular formula is C17H28ClN3O3S. The van der Waals surface area contributed by atoms with Crippen LogP contribution in [0.3, 0.4) is 0 Å². The Morgan fingerprint density at radius 3 is 2.56 bits per heavy atom. The third kappa shape index (κ3) is 5.95. The number of carbonyl (C=O) groups is 1. The molecule has 1 unspecified atom stereocenters. The highest BCUT2D eigenvalue weighted by Gasteiger charge is 2.33. The van der Waals surface area contributed by atoms with E-state index in [4.69, 9.17) is 0 Å². The Hall–Kier alpha value is -1.15. The number of likely N-dealkylation sites (N-methyl/N-ethyl adjacent to an activating group) is 1. The minimum absolute atomic E-state index is 0. The Kier molecular flexibility index (Phi) is 8.85. The topological polar surface area (TPSA) is 78.5 Å². The van der Waals surface area contributed by atoms with E-state index in [1.807, 2.05) is 13.8 Å². The fourth-order valence-electron chi connectivity index (χ4n) is 2.83. The van der Waals surface area contributed by atoms with E-state index in [2.05, 4.69) is 10.6 Å². The van der Waals surface area contributed by atoms with Crippen molar-refractivity contribution in [3.8, 4) is 0 Å². The van der Waals surface area contributed by atoms with Crippen LogP contribution in [0.4, 0.5) is 0 Å². The van der Waals surface area contributed by atoms with Crippen LogP contribution in [-0.4, -0.2) is 51.4 Å². The zero-order valence-electron chi connectivity index (χ0n) is 14.8. The minimum atomic E-state index is -3.53. The lowest BCUT2D eigenvalue weighted by Crippen LogP contribution is -2.46. The second-order valence-corrected chi connectivity index (χ2v) is 8.10. The normalized spacial score (nSPS) is 18.4. The maximum absolute atomic E-state index is 12.8. The molecule has 2 N–H and O–H groups in total. The highest BCUT2D eigenvalue weighted by molar-refractivity contribution is 7.89. The van der Waals surface area contributed by atoms with Crippen molar-refractivity contribution in [3.05, 3.63) is 29.8 Å². The zero-order valence-corrected chi connectivity index (χ0v) is 16.5. The number of aryl methyl sites for hydroxylation is 1. The van der Waals surface area contributed by atoms with E-state index < -0.39 is 10.0 Å². The molecule has 1 atom stereocenters. The van der Waals surface area contributed by atoms with Crippen LogP contribution in [0.5, 0.6) is 0 Å². The number of amides is 1. The average Bonchev–Trinajstić information content (AvgIpc) is 2.59. The van der Waals surface area contributed by atoms with Gasteiger partial charge in [-0.2, -0.15) is 4.31 Å². The summed E-state index contributed by atoms with van der Waals surface area (Å²) >= 11 is 0. The van der Waals surface area contributed by atoms with E-state index >= 15 is 0 Å². The molecule has 1 fully saturated rings. The van der Waals surface area contributed by atoms with Crippen LogP contribution in [0.1, 0.15) is 25.3 Å². The molecule has 1 amide bonds. The quantitative estimate of drug-likeness (QED) is 0.693. The lowest BCUT2D eigenvalue weighted by Gasteiger charge is -2.31. The molecule has 2 rings (SSSR count). The molecule has 142 valence electrons. The molecule has 0 aromatic heterocycles. The largest absolute Gasteiger partial charge is 0.355 e. The molecule has 8 heteroatoms. The SMILES string of the molecule is CCNCCNC(=O)C1CCCN(S(=O)(=O)c2ccc(C)cc2)C1.Cl. The summed E-state index contributed by atoms with van der Waals surface area (Å²) in [5.74, 6) is -0.336. The summed E-state index contributed by atoms with van der Waals surface area (Å²) in [6.07, 6.45) is 1.43. The van der Waals surface area contributed by atoms with Gasteiger partial charge in [-0.3, -0.25) is 4.79 Å². The van der Waals surface area contributed by atoms with Crippen LogP contribution in [0, 0.1) is 12.8 Å². The Morgan fingerprint density at radius 2 is 1.92 bits per heavy atom. The highest BCUT2D eigenvalue weighted by atomic mass is 35.5. The number of benzene rings is 1. The predicted molar refractivity (Wildman–Crippen MR) is 101 cm³/mol. The average molecular weight is 390 g/mol. The van der Waals surface area contributed by atoms with E-state index in [1.165, 1.54) is 4.31 Å². The summed E-state index contributed by atoms with van der Waals surface area (Å²) in [7, 11) is -3.53. The first-order valence-electron chi connectivity index (χ1n) is 8.50. The Balaban J connectivity index is 0.00000312. The van der Waals surface area contributed by atoms with Crippen LogP contribution in [0.2, 0.25) is 0 Å². The molecule has 0 saturated carbocycles. The number of rotatable bonds is 7. The Morgan fingerprint density at radius 1 is 1.24 bits per heavy atom. The van der Waals surface area contributed by atoms with Crippen molar-refractivity contribution < 1.29 is 13.2 Å². The third-order valence-corrected chi connectivity index (χ3v) is 6.14. The smallest absolute Gasteiger partial charge is 0.243 e. The van der Waals surface area contributed by atoms with E-state index in [9.17, 15) is 13.2 Å². The van der Waals surface area contributed by atoms with Gasteiger partial charge in [-0.1, -0.05) is 24.6 Å². The molecule has 0 spiro atoms. The molecule has 1 heterocycles. The van der Waals surface area contributed by atoms with Crippen molar-refractivity contribution in [1.82, 2.24) is 14.9 Å². The summed E-state index contributed by atoms with van der Waals surface area (Å²) in [6, 6.07) is 6.85. The van der Waals surface area contributed by atoms with Crippen molar-refractivity contribution in [2.75, 3.05) is 32.7 Å². The number of piperidine rings is 1. The number of sulfonamides is 1. The maximum atomic E-state index is 12.8. The minimum Gasteiger partial charge on any atom is -0.355 e. The van der Waals surface area contributed by atoms with Crippen molar-refractivity contribution in [2.45, 2.75) is 31.6 Å². The number of hydrogen-bond donors (Lipinski definition) is 2. The molecule has 25 heavy (non-hydrogen) atoms. The third-order valence-electron chi connectivity index (χ3n) is 4.26. The summed E-state index contributed by atoms with van der Waals surface area (Å²) < 4.78 is 26.9. The van der Waals surface area contributed by atoms with Crippen LogP contribution in [0.25, 0.3) is 0 Å². The first-order chi connectivity index (χ1) is 11.4. The fourth-order valence-corrected chi connectivity index (χ4v) is 4.35. The van der Waals surface area contributed by atoms with Gasteiger partial charge in [-0.15, -0.1) is 12.4 Å². The second-order valence-electron chi connectivity index (χ2n) is 6.16. The number of halogens is 1. The van der Waals surface area contributed by atoms with Crippen LogP contribution in [0.15, 0.2) is 29.2 Å². The van der Waals surface area contributed by atoms with E-state index in [1.54, 1.807) is 24.3 Å². The van der Waals surface area contributed by atoms with Gasteiger partial charge in [0, 0.05) is 26.2 Å². The van der Waals surface area contributed by atoms with Gasteiger partial charge in [0.1, 0.15) is 0 Å². The molecule has 1 aliphatic heterocycles. The number of nitrogens with zero attached hydrogens (tertiary/aromatic N) is 1. The summed E-state index contributed by atoms with van der Waals surface area (Å²) in [5, 5.41) is 6.03. The van der Waals surface area contributed by atoms with Crippen LogP contribution in [-0.2, 0) is 14.8 Å². The van der Waals surface area contributed by atoms with Gasteiger partial charge in [0.2, 0.25) is 15.9 Å². The van der Waals surface area contributed by atoms with Gasteiger partial charge in [0.15, 0.2) is 0 Å². The lowest BCUT2D eigenvalue weighted by molar-refractivity contribution is -0.126. The Labute approximate surface area is 156 Å². The summed E-state index contributed by atoms with van der Waals surface area (Å²) in [6.45, 7) is 6.80. The molecule has 1 aromatic carbocycles. The van der Waals surface area contributed by atoms with Crippen molar-refractivity contribution in [2.24, 2.45) is 5.92 Å². The Bertz CT molecular complexity index is 650. The van der Waals surface area contributed by atoms with Crippen LogP contribution >= 0.6 is 12.4 Å². The van der Waals surface area contributed by atoms with Gasteiger partial charge >= 0.3 is 0 Å². The van der Waals surface area contributed by atoms with Crippen molar-refractivity contribution >= 4 is 28.3 Å². The van der Waals surface area contributed by atoms with Gasteiger partial charge in [-0.25, -0.2) is 8.42 Å². The highest BCUT2D eigenvalue weighted by Crippen LogP contribution is 2.24. The van der Waals surface area contributed by atoms with E-state index in [-0.39, 0.29) is 30.8 Å². The monoisotopic (exact) mass is 389 g/mol. The lowest BCUT2D eigenvalue weighted by atomic mass is 9.99. The first-order valence-corrected chi connectivity index (χ1v) is 9.94. The molecular weight excluding hydrogens is 362 g/mol.